The minimum absolute atomic E-state index is 0.00467. The molecule has 1 aromatic carbocycles. The lowest BCUT2D eigenvalue weighted by Gasteiger charge is -2.32. The van der Waals surface area contributed by atoms with Crippen LogP contribution in [0.2, 0.25) is 0 Å². The van der Waals surface area contributed by atoms with E-state index in [1.54, 1.807) is 17.9 Å². The molecule has 1 N–H and O–H groups in total. The van der Waals surface area contributed by atoms with Crippen molar-refractivity contribution in [3.63, 3.8) is 0 Å². The summed E-state index contributed by atoms with van der Waals surface area (Å²) in [4.78, 5) is 30.6. The number of nitrogens with one attached hydrogen (secondary N) is 1. The van der Waals surface area contributed by atoms with Gasteiger partial charge in [0.2, 0.25) is 5.91 Å². The zero-order valence-corrected chi connectivity index (χ0v) is 19.4. The Hall–Kier alpha value is -3.26. The minimum Gasteiger partial charge on any atom is -0.374 e. The first-order valence-electron chi connectivity index (χ1n) is 11.2. The molecule has 1 saturated heterocycles. The van der Waals surface area contributed by atoms with E-state index >= 15 is 0 Å². The Morgan fingerprint density at radius 2 is 2.09 bits per heavy atom. The van der Waals surface area contributed by atoms with Gasteiger partial charge in [-0.25, -0.2) is 9.37 Å². The number of amides is 2. The molecule has 0 aliphatic carbocycles. The molecule has 1 fully saturated rings. The number of carbonyl (C=O) groups excluding carboxylic acids is 2. The fraction of sp³-hybridized carbons (Fsp3) is 0.400. The van der Waals surface area contributed by atoms with Crippen molar-refractivity contribution in [1.29, 1.82) is 0 Å². The molecule has 4 rings (SSSR count). The molecule has 33 heavy (non-hydrogen) atoms. The van der Waals surface area contributed by atoms with Crippen molar-refractivity contribution >= 4 is 17.5 Å². The quantitative estimate of drug-likeness (QED) is 0.645. The summed E-state index contributed by atoms with van der Waals surface area (Å²) in [5.74, 6) is -1.04. The highest BCUT2D eigenvalue weighted by Gasteiger charge is 2.26. The molecule has 0 spiro atoms. The van der Waals surface area contributed by atoms with E-state index in [0.29, 0.717) is 37.4 Å². The van der Waals surface area contributed by atoms with E-state index in [1.165, 1.54) is 13.1 Å². The van der Waals surface area contributed by atoms with Gasteiger partial charge in [0.05, 0.1) is 29.7 Å². The van der Waals surface area contributed by atoms with Crippen LogP contribution in [0.25, 0.3) is 16.9 Å². The van der Waals surface area contributed by atoms with Gasteiger partial charge in [0.1, 0.15) is 11.5 Å². The standard InChI is InChI=1S/C25H29FN4O3/c1-5-17-6-7-30-22(12-18-14-29(16(3)31)8-9-33-18)24(28-23(30)11-17)19-13-21(26)20(10-15(19)2)25(32)27-4/h6-7,10-11,13,18H,5,8-9,12,14H2,1-4H3,(H,27,32)/t18-/m0/s1. The number of imidazole rings is 1. The van der Waals surface area contributed by atoms with Crippen molar-refractivity contribution in [1.82, 2.24) is 19.6 Å². The number of hydrogen-bond donors (Lipinski definition) is 1. The molecule has 1 atom stereocenters. The predicted molar refractivity (Wildman–Crippen MR) is 124 cm³/mol. The number of ether oxygens (including phenoxy) is 1. The van der Waals surface area contributed by atoms with Gasteiger partial charge >= 0.3 is 0 Å². The average molecular weight is 453 g/mol. The van der Waals surface area contributed by atoms with Crippen LogP contribution in [0.5, 0.6) is 0 Å². The van der Waals surface area contributed by atoms with E-state index in [9.17, 15) is 14.0 Å². The maximum Gasteiger partial charge on any atom is 0.254 e. The summed E-state index contributed by atoms with van der Waals surface area (Å²) in [6, 6.07) is 7.02. The normalized spacial score (nSPS) is 16.3. The first-order chi connectivity index (χ1) is 15.8. The molecular formula is C25H29FN4O3. The number of carbonyl (C=O) groups is 2. The zero-order valence-electron chi connectivity index (χ0n) is 19.4. The Labute approximate surface area is 192 Å². The first kappa shape index (κ1) is 22.9. The lowest BCUT2D eigenvalue weighted by Crippen LogP contribution is -2.45. The van der Waals surface area contributed by atoms with Crippen molar-refractivity contribution in [3.05, 3.63) is 58.7 Å². The van der Waals surface area contributed by atoms with Crippen LogP contribution in [-0.4, -0.2) is 58.9 Å². The summed E-state index contributed by atoms with van der Waals surface area (Å²) in [6.45, 7) is 7.05. The SMILES string of the molecule is CCc1ccn2c(C[C@H]3CN(C(C)=O)CCO3)c(-c3cc(F)c(C(=O)NC)cc3C)nc2c1. The monoisotopic (exact) mass is 452 g/mol. The number of halogens is 1. The minimum atomic E-state index is -0.594. The summed E-state index contributed by atoms with van der Waals surface area (Å²) in [7, 11) is 1.48. The lowest BCUT2D eigenvalue weighted by atomic mass is 9.98. The van der Waals surface area contributed by atoms with Gasteiger partial charge in [-0.2, -0.15) is 0 Å². The molecule has 1 aliphatic heterocycles. The summed E-state index contributed by atoms with van der Waals surface area (Å²) >= 11 is 0. The van der Waals surface area contributed by atoms with Crippen molar-refractivity contribution in [2.75, 3.05) is 26.7 Å². The van der Waals surface area contributed by atoms with Gasteiger partial charge < -0.3 is 19.4 Å². The molecule has 0 bridgehead atoms. The molecule has 8 heteroatoms. The van der Waals surface area contributed by atoms with E-state index in [-0.39, 0.29) is 17.6 Å². The van der Waals surface area contributed by atoms with E-state index in [0.717, 1.165) is 28.9 Å². The smallest absolute Gasteiger partial charge is 0.254 e. The molecule has 3 aromatic rings. The van der Waals surface area contributed by atoms with E-state index in [1.807, 2.05) is 29.7 Å². The highest BCUT2D eigenvalue weighted by Crippen LogP contribution is 2.31. The number of aromatic nitrogens is 2. The number of pyridine rings is 1. The van der Waals surface area contributed by atoms with Gasteiger partial charge in [-0.1, -0.05) is 6.92 Å². The van der Waals surface area contributed by atoms with Crippen LogP contribution in [0.1, 0.15) is 41.0 Å². The molecule has 3 heterocycles. The van der Waals surface area contributed by atoms with Crippen LogP contribution in [0.15, 0.2) is 30.5 Å². The third-order valence-corrected chi connectivity index (χ3v) is 6.24. The predicted octanol–water partition coefficient (Wildman–Crippen LogP) is 3.16. The number of hydrogen-bond acceptors (Lipinski definition) is 4. The van der Waals surface area contributed by atoms with E-state index in [2.05, 4.69) is 12.2 Å². The van der Waals surface area contributed by atoms with Crippen molar-refractivity contribution < 1.29 is 18.7 Å². The molecule has 7 nitrogen and oxygen atoms in total. The fourth-order valence-corrected chi connectivity index (χ4v) is 4.36. The number of benzene rings is 1. The molecule has 0 saturated carbocycles. The average Bonchev–Trinajstić information content (AvgIpc) is 3.16. The maximum atomic E-state index is 14.9. The van der Waals surface area contributed by atoms with Gasteiger partial charge in [0.15, 0.2) is 0 Å². The van der Waals surface area contributed by atoms with Crippen LogP contribution in [0.3, 0.4) is 0 Å². The number of fused-ring (bicyclic) bond motifs is 1. The highest BCUT2D eigenvalue weighted by atomic mass is 19.1. The van der Waals surface area contributed by atoms with Crippen molar-refractivity contribution in [2.24, 2.45) is 0 Å². The Morgan fingerprint density at radius 1 is 1.30 bits per heavy atom. The summed E-state index contributed by atoms with van der Waals surface area (Å²) in [5.41, 5.74) is 4.87. The second-order valence-electron chi connectivity index (χ2n) is 8.41. The van der Waals surface area contributed by atoms with Crippen molar-refractivity contribution in [3.8, 4) is 11.3 Å². The number of nitrogens with zero attached hydrogens (tertiary/aromatic N) is 3. The first-order valence-corrected chi connectivity index (χ1v) is 11.2. The van der Waals surface area contributed by atoms with Gasteiger partial charge in [0, 0.05) is 45.2 Å². The topological polar surface area (TPSA) is 75.9 Å². The fourth-order valence-electron chi connectivity index (χ4n) is 4.36. The molecule has 1 aliphatic rings. The van der Waals surface area contributed by atoms with Gasteiger partial charge in [-0.3, -0.25) is 9.59 Å². The second-order valence-corrected chi connectivity index (χ2v) is 8.41. The zero-order chi connectivity index (χ0) is 23.7. The summed E-state index contributed by atoms with van der Waals surface area (Å²) in [6.07, 6.45) is 3.18. The number of rotatable bonds is 5. The van der Waals surface area contributed by atoms with Gasteiger partial charge in [-0.05, 0) is 48.7 Å². The maximum absolute atomic E-state index is 14.9. The molecule has 174 valence electrons. The molecule has 0 unspecified atom stereocenters. The largest absolute Gasteiger partial charge is 0.374 e. The molecule has 0 radical (unpaired) electrons. The van der Waals surface area contributed by atoms with Gasteiger partial charge in [0.25, 0.3) is 5.91 Å². The lowest BCUT2D eigenvalue weighted by molar-refractivity contribution is -0.136. The third-order valence-electron chi connectivity index (χ3n) is 6.24. The Balaban J connectivity index is 1.82. The molecule has 2 aromatic heterocycles. The molecule has 2 amide bonds. The molecular weight excluding hydrogens is 423 g/mol. The van der Waals surface area contributed by atoms with Crippen LogP contribution in [0.4, 0.5) is 4.39 Å². The van der Waals surface area contributed by atoms with E-state index in [4.69, 9.17) is 9.72 Å². The Kier molecular flexibility index (Phi) is 6.47. The Morgan fingerprint density at radius 3 is 2.79 bits per heavy atom. The Bertz CT molecular complexity index is 1220. The highest BCUT2D eigenvalue weighted by molar-refractivity contribution is 5.95. The number of morpholine rings is 1. The second kappa shape index (κ2) is 9.31. The van der Waals surface area contributed by atoms with E-state index < -0.39 is 11.7 Å². The van der Waals surface area contributed by atoms with Gasteiger partial charge in [-0.15, -0.1) is 0 Å². The van der Waals surface area contributed by atoms with Crippen molar-refractivity contribution in [2.45, 2.75) is 39.7 Å². The summed E-state index contributed by atoms with van der Waals surface area (Å²) < 4.78 is 22.9. The van der Waals surface area contributed by atoms with Crippen LogP contribution < -0.4 is 5.32 Å². The van der Waals surface area contributed by atoms with Crippen LogP contribution in [-0.2, 0) is 22.4 Å². The summed E-state index contributed by atoms with van der Waals surface area (Å²) in [5, 5.41) is 2.47. The van der Waals surface area contributed by atoms with Crippen LogP contribution >= 0.6 is 0 Å². The third kappa shape index (κ3) is 4.48. The van der Waals surface area contributed by atoms with Crippen LogP contribution in [0, 0.1) is 12.7 Å². The number of aryl methyl sites for hydroxylation is 2.